The van der Waals surface area contributed by atoms with Gasteiger partial charge in [0.25, 0.3) is 0 Å². The average molecular weight is 178 g/mol. The highest BCUT2D eigenvalue weighted by Gasteiger charge is 1.93. The lowest BCUT2D eigenvalue weighted by atomic mass is 10.4. The van der Waals surface area contributed by atoms with Crippen molar-refractivity contribution >= 4 is 5.69 Å². The first-order valence-corrected chi connectivity index (χ1v) is 4.00. The van der Waals surface area contributed by atoms with Crippen LogP contribution in [0.4, 0.5) is 5.69 Å². The third kappa shape index (κ3) is 3.01. The van der Waals surface area contributed by atoms with E-state index in [2.05, 4.69) is 15.0 Å². The van der Waals surface area contributed by atoms with Gasteiger partial charge in [0, 0.05) is 17.2 Å². The third-order valence-corrected chi connectivity index (χ3v) is 1.33. The highest BCUT2D eigenvalue weighted by atomic mass is 16.5. The number of pyridine rings is 1. The van der Waals surface area contributed by atoms with Gasteiger partial charge >= 0.3 is 0 Å². The molecule has 0 saturated heterocycles. The van der Waals surface area contributed by atoms with Crippen molar-refractivity contribution in [2.45, 2.75) is 13.3 Å². The molecular formula is C8H10N4O. The molecule has 0 bridgehead atoms. The molecule has 0 spiro atoms. The zero-order valence-corrected chi connectivity index (χ0v) is 7.34. The molecule has 5 heteroatoms. The molecule has 0 aliphatic carbocycles. The largest absolute Gasteiger partial charge is 0.478 e. The maximum atomic E-state index is 8.13. The van der Waals surface area contributed by atoms with Gasteiger partial charge in [0.15, 0.2) is 0 Å². The summed E-state index contributed by atoms with van der Waals surface area (Å²) in [6.45, 7) is 2.67. The van der Waals surface area contributed by atoms with E-state index in [1.54, 1.807) is 12.1 Å². The van der Waals surface area contributed by atoms with Gasteiger partial charge in [0.2, 0.25) is 5.88 Å². The summed E-state index contributed by atoms with van der Waals surface area (Å²) in [6.07, 6.45) is 2.42. The zero-order valence-electron chi connectivity index (χ0n) is 7.34. The topological polar surface area (TPSA) is 70.9 Å². The molecular weight excluding hydrogens is 168 g/mol. The van der Waals surface area contributed by atoms with Crippen molar-refractivity contribution in [3.63, 3.8) is 0 Å². The molecule has 0 saturated carbocycles. The molecule has 0 radical (unpaired) electrons. The molecule has 0 aliphatic heterocycles. The van der Waals surface area contributed by atoms with Crippen LogP contribution in [-0.2, 0) is 0 Å². The minimum Gasteiger partial charge on any atom is -0.478 e. The fourth-order valence-electron chi connectivity index (χ4n) is 0.775. The van der Waals surface area contributed by atoms with E-state index < -0.39 is 0 Å². The monoisotopic (exact) mass is 178 g/mol. The molecule has 0 aromatic carbocycles. The molecule has 0 atom stereocenters. The first-order chi connectivity index (χ1) is 6.36. The van der Waals surface area contributed by atoms with Gasteiger partial charge in [-0.3, -0.25) is 0 Å². The molecule has 1 aromatic rings. The van der Waals surface area contributed by atoms with Crippen LogP contribution >= 0.6 is 0 Å². The number of hydrogen-bond acceptors (Lipinski definition) is 3. The number of azide groups is 1. The Balaban J connectivity index is 2.63. The number of rotatable bonds is 4. The van der Waals surface area contributed by atoms with Gasteiger partial charge in [-0.2, -0.15) is 0 Å². The fraction of sp³-hybridized carbons (Fsp3) is 0.375. The highest BCUT2D eigenvalue weighted by molar-refractivity contribution is 5.35. The molecule has 5 nitrogen and oxygen atoms in total. The standard InChI is InChI=1S/C8H10N4O/c1-2-5-13-8-4-3-7(6-10-8)11-12-9/h3-4,6H,2,5H2,1H3. The van der Waals surface area contributed by atoms with E-state index >= 15 is 0 Å². The lowest BCUT2D eigenvalue weighted by Gasteiger charge is -2.01. The van der Waals surface area contributed by atoms with Gasteiger partial charge in [-0.25, -0.2) is 4.98 Å². The fourth-order valence-corrected chi connectivity index (χ4v) is 0.775. The van der Waals surface area contributed by atoms with Gasteiger partial charge < -0.3 is 4.74 Å². The lowest BCUT2D eigenvalue weighted by molar-refractivity contribution is 0.305. The van der Waals surface area contributed by atoms with Crippen LogP contribution in [0.25, 0.3) is 10.4 Å². The van der Waals surface area contributed by atoms with E-state index in [1.165, 1.54) is 6.20 Å². The van der Waals surface area contributed by atoms with Crippen LogP contribution < -0.4 is 4.74 Å². The zero-order chi connectivity index (χ0) is 9.52. The van der Waals surface area contributed by atoms with Gasteiger partial charge in [0.1, 0.15) is 0 Å². The molecule has 1 aromatic heterocycles. The summed E-state index contributed by atoms with van der Waals surface area (Å²) in [6, 6.07) is 3.34. The van der Waals surface area contributed by atoms with Gasteiger partial charge in [-0.1, -0.05) is 12.0 Å². The Labute approximate surface area is 76.0 Å². The Morgan fingerprint density at radius 1 is 1.62 bits per heavy atom. The Kier molecular flexibility index (Phi) is 3.60. The maximum Gasteiger partial charge on any atom is 0.213 e. The van der Waals surface area contributed by atoms with Crippen molar-refractivity contribution < 1.29 is 4.74 Å². The summed E-state index contributed by atoms with van der Waals surface area (Å²) < 4.78 is 5.24. The molecule has 0 amide bonds. The molecule has 0 N–H and O–H groups in total. The molecule has 1 rings (SSSR count). The summed E-state index contributed by atoms with van der Waals surface area (Å²) in [5.74, 6) is 0.554. The Hall–Kier alpha value is -1.74. The first-order valence-electron chi connectivity index (χ1n) is 4.00. The minimum atomic E-state index is 0.492. The predicted octanol–water partition coefficient (Wildman–Crippen LogP) is 2.81. The summed E-state index contributed by atoms with van der Waals surface area (Å²) in [5.41, 5.74) is 8.62. The average Bonchev–Trinajstić information content (AvgIpc) is 2.17. The van der Waals surface area contributed by atoms with Crippen molar-refractivity contribution in [1.82, 2.24) is 4.98 Å². The van der Waals surface area contributed by atoms with Crippen LogP contribution in [0.15, 0.2) is 23.4 Å². The molecule has 68 valence electrons. The van der Waals surface area contributed by atoms with Gasteiger partial charge in [-0.05, 0) is 18.0 Å². The summed E-state index contributed by atoms with van der Waals surface area (Å²) in [4.78, 5) is 6.59. The van der Waals surface area contributed by atoms with Crippen molar-refractivity contribution in [2.24, 2.45) is 5.11 Å². The third-order valence-electron chi connectivity index (χ3n) is 1.33. The van der Waals surface area contributed by atoms with Crippen molar-refractivity contribution in [1.29, 1.82) is 0 Å². The number of ether oxygens (including phenoxy) is 1. The number of hydrogen-bond donors (Lipinski definition) is 0. The number of aromatic nitrogens is 1. The molecule has 13 heavy (non-hydrogen) atoms. The second-order valence-electron chi connectivity index (χ2n) is 2.39. The van der Waals surface area contributed by atoms with Crippen LogP contribution in [0.1, 0.15) is 13.3 Å². The number of nitrogens with zero attached hydrogens (tertiary/aromatic N) is 4. The summed E-state index contributed by atoms with van der Waals surface area (Å²) in [7, 11) is 0. The maximum absolute atomic E-state index is 8.13. The first kappa shape index (κ1) is 9.35. The van der Waals surface area contributed by atoms with E-state index in [1.807, 2.05) is 6.92 Å². The van der Waals surface area contributed by atoms with E-state index in [9.17, 15) is 0 Å². The SMILES string of the molecule is CCCOc1ccc(N=[N+]=[N-])cn1. The van der Waals surface area contributed by atoms with Crippen LogP contribution in [-0.4, -0.2) is 11.6 Å². The Bertz CT molecular complexity index is 302. The van der Waals surface area contributed by atoms with E-state index in [0.717, 1.165) is 6.42 Å². The minimum absolute atomic E-state index is 0.492. The van der Waals surface area contributed by atoms with Crippen molar-refractivity contribution in [3.8, 4) is 5.88 Å². The molecule has 1 heterocycles. The van der Waals surface area contributed by atoms with E-state index in [0.29, 0.717) is 18.2 Å². The second-order valence-corrected chi connectivity index (χ2v) is 2.39. The van der Waals surface area contributed by atoms with E-state index in [-0.39, 0.29) is 0 Å². The van der Waals surface area contributed by atoms with Crippen LogP contribution in [0.2, 0.25) is 0 Å². The molecule has 0 fully saturated rings. The highest BCUT2D eigenvalue weighted by Crippen LogP contribution is 2.14. The van der Waals surface area contributed by atoms with Crippen LogP contribution in [0.5, 0.6) is 5.88 Å². The Morgan fingerprint density at radius 2 is 2.46 bits per heavy atom. The summed E-state index contributed by atoms with van der Waals surface area (Å²) in [5, 5.41) is 3.39. The quantitative estimate of drug-likeness (QED) is 0.404. The van der Waals surface area contributed by atoms with E-state index in [4.69, 9.17) is 10.3 Å². The normalized spacial score (nSPS) is 9.00. The predicted molar refractivity (Wildman–Crippen MR) is 48.8 cm³/mol. The van der Waals surface area contributed by atoms with Gasteiger partial charge in [0.05, 0.1) is 12.3 Å². The van der Waals surface area contributed by atoms with Crippen LogP contribution in [0, 0.1) is 0 Å². The second kappa shape index (κ2) is 5.00. The summed E-state index contributed by atoms with van der Waals surface area (Å²) >= 11 is 0. The van der Waals surface area contributed by atoms with Gasteiger partial charge in [-0.15, -0.1) is 0 Å². The van der Waals surface area contributed by atoms with Crippen molar-refractivity contribution in [3.05, 3.63) is 28.8 Å². The smallest absolute Gasteiger partial charge is 0.213 e. The molecule has 0 unspecified atom stereocenters. The Morgan fingerprint density at radius 3 is 3.00 bits per heavy atom. The molecule has 0 aliphatic rings. The van der Waals surface area contributed by atoms with Crippen LogP contribution in [0.3, 0.4) is 0 Å². The lowest BCUT2D eigenvalue weighted by Crippen LogP contribution is -1.96. The van der Waals surface area contributed by atoms with Crippen molar-refractivity contribution in [2.75, 3.05) is 6.61 Å².